The van der Waals surface area contributed by atoms with Crippen LogP contribution in [0.25, 0.3) is 0 Å². The van der Waals surface area contributed by atoms with Gasteiger partial charge in [0.25, 0.3) is 0 Å². The summed E-state index contributed by atoms with van der Waals surface area (Å²) in [7, 11) is 0. The average Bonchev–Trinajstić information content (AvgIpc) is 3.38. The zero-order valence-corrected chi connectivity index (χ0v) is 14.2. The first kappa shape index (κ1) is 15.7. The molecule has 0 spiro atoms. The van der Waals surface area contributed by atoms with E-state index in [1.54, 1.807) is 9.25 Å². The minimum atomic E-state index is -0.00793. The second-order valence-electron chi connectivity index (χ2n) is 7.50. The van der Waals surface area contributed by atoms with Crippen LogP contribution in [0.4, 0.5) is 4.79 Å². The van der Waals surface area contributed by atoms with Gasteiger partial charge in [0.15, 0.2) is 0 Å². The predicted molar refractivity (Wildman–Crippen MR) is 89.9 cm³/mol. The summed E-state index contributed by atoms with van der Waals surface area (Å²) in [6, 6.07) is 0.341. The Balaban J connectivity index is 1.37. The van der Waals surface area contributed by atoms with Gasteiger partial charge in [0, 0.05) is 38.6 Å². The topological polar surface area (TPSA) is 72.2 Å². The van der Waals surface area contributed by atoms with E-state index in [0.29, 0.717) is 38.0 Å². The van der Waals surface area contributed by atoms with Crippen molar-refractivity contribution in [2.24, 2.45) is 5.92 Å². The molecule has 2 fully saturated rings. The lowest BCUT2D eigenvalue weighted by Crippen LogP contribution is -2.46. The summed E-state index contributed by atoms with van der Waals surface area (Å²) in [5, 5.41) is 7.68. The molecule has 2 amide bonds. The Bertz CT molecular complexity index is 654. The number of carbonyl (C=O) groups is 1. The van der Waals surface area contributed by atoms with Crippen molar-refractivity contribution in [2.75, 3.05) is 13.1 Å². The summed E-state index contributed by atoms with van der Waals surface area (Å²) in [5.41, 5.74) is -0.00793. The van der Waals surface area contributed by atoms with Crippen LogP contribution in [0.3, 0.4) is 0 Å². The number of urea groups is 1. The molecule has 2 heterocycles. The van der Waals surface area contributed by atoms with Gasteiger partial charge in [-0.2, -0.15) is 5.10 Å². The quantitative estimate of drug-likeness (QED) is 0.908. The fraction of sp³-hybridized carbons (Fsp3) is 0.824. The van der Waals surface area contributed by atoms with E-state index in [1.807, 2.05) is 4.90 Å². The molecule has 24 heavy (non-hydrogen) atoms. The Labute approximate surface area is 142 Å². The van der Waals surface area contributed by atoms with Crippen LogP contribution in [-0.2, 0) is 19.5 Å². The van der Waals surface area contributed by atoms with Crippen LogP contribution in [0, 0.1) is 5.92 Å². The van der Waals surface area contributed by atoms with E-state index in [0.717, 1.165) is 25.2 Å². The molecule has 0 saturated heterocycles. The van der Waals surface area contributed by atoms with Crippen LogP contribution in [-0.4, -0.2) is 44.4 Å². The number of amides is 2. The van der Waals surface area contributed by atoms with Crippen molar-refractivity contribution >= 4 is 6.03 Å². The van der Waals surface area contributed by atoms with Crippen LogP contribution >= 0.6 is 0 Å². The maximum absolute atomic E-state index is 12.5. The lowest BCUT2D eigenvalue weighted by atomic mass is 9.96. The first-order chi connectivity index (χ1) is 11.7. The number of nitrogens with zero attached hydrogens (tertiary/aromatic N) is 4. The van der Waals surface area contributed by atoms with E-state index >= 15 is 0 Å². The minimum absolute atomic E-state index is 0.00793. The molecule has 7 nitrogen and oxygen atoms in total. The Morgan fingerprint density at radius 3 is 2.62 bits per heavy atom. The number of carbonyl (C=O) groups excluding carboxylic acids is 1. The van der Waals surface area contributed by atoms with Gasteiger partial charge in [0.1, 0.15) is 5.82 Å². The number of hydrogen-bond donors (Lipinski definition) is 1. The number of nitrogens with one attached hydrogen (secondary N) is 1. The summed E-state index contributed by atoms with van der Waals surface area (Å²) in [4.78, 5) is 26.8. The SMILES string of the molecule is O=C(NC1CCCCC1)N1CCc2nn(CC3CC3)c(=O)n2CC1. The van der Waals surface area contributed by atoms with Gasteiger partial charge in [0.05, 0.1) is 0 Å². The maximum Gasteiger partial charge on any atom is 0.345 e. The third-order valence-corrected chi connectivity index (χ3v) is 5.55. The van der Waals surface area contributed by atoms with Gasteiger partial charge in [-0.3, -0.25) is 4.57 Å². The number of rotatable bonds is 3. The molecule has 0 aromatic carbocycles. The summed E-state index contributed by atoms with van der Waals surface area (Å²) >= 11 is 0. The predicted octanol–water partition coefficient (Wildman–Crippen LogP) is 1.36. The fourth-order valence-corrected chi connectivity index (χ4v) is 3.84. The van der Waals surface area contributed by atoms with Gasteiger partial charge in [-0.15, -0.1) is 0 Å². The number of aromatic nitrogens is 3. The summed E-state index contributed by atoms with van der Waals surface area (Å²) in [6.45, 7) is 2.53. The zero-order valence-electron chi connectivity index (χ0n) is 14.2. The Morgan fingerprint density at radius 1 is 1.08 bits per heavy atom. The lowest BCUT2D eigenvalue weighted by Gasteiger charge is -2.27. The molecule has 3 aliphatic rings. The van der Waals surface area contributed by atoms with Crippen molar-refractivity contribution in [3.05, 3.63) is 16.3 Å². The summed E-state index contributed by atoms with van der Waals surface area (Å²) in [6.07, 6.45) is 8.96. The number of fused-ring (bicyclic) bond motifs is 1. The monoisotopic (exact) mass is 333 g/mol. The molecular weight excluding hydrogens is 306 g/mol. The van der Waals surface area contributed by atoms with Gasteiger partial charge in [-0.05, 0) is 31.6 Å². The van der Waals surface area contributed by atoms with Gasteiger partial charge in [-0.1, -0.05) is 19.3 Å². The Kier molecular flexibility index (Phi) is 4.33. The summed E-state index contributed by atoms with van der Waals surface area (Å²) in [5.74, 6) is 1.47. The summed E-state index contributed by atoms with van der Waals surface area (Å²) < 4.78 is 3.39. The largest absolute Gasteiger partial charge is 0.345 e. The molecule has 1 aliphatic heterocycles. The van der Waals surface area contributed by atoms with Crippen LogP contribution < -0.4 is 11.0 Å². The van der Waals surface area contributed by atoms with Crippen molar-refractivity contribution in [3.63, 3.8) is 0 Å². The van der Waals surface area contributed by atoms with E-state index in [1.165, 1.54) is 32.1 Å². The highest BCUT2D eigenvalue weighted by Crippen LogP contribution is 2.29. The second kappa shape index (κ2) is 6.61. The van der Waals surface area contributed by atoms with E-state index in [9.17, 15) is 9.59 Å². The molecule has 2 aliphatic carbocycles. The molecule has 0 bridgehead atoms. The van der Waals surface area contributed by atoms with E-state index in [-0.39, 0.29) is 11.7 Å². The van der Waals surface area contributed by atoms with Crippen molar-refractivity contribution < 1.29 is 4.79 Å². The van der Waals surface area contributed by atoms with E-state index in [2.05, 4.69) is 10.4 Å². The van der Waals surface area contributed by atoms with Crippen LogP contribution in [0.15, 0.2) is 4.79 Å². The lowest BCUT2D eigenvalue weighted by molar-refractivity contribution is 0.190. The molecule has 2 saturated carbocycles. The standard InChI is InChI=1S/C17H27N5O2/c23-16(18-14-4-2-1-3-5-14)20-9-8-15-19-22(12-13-6-7-13)17(24)21(15)11-10-20/h13-14H,1-12H2,(H,18,23). The normalized spacial score (nSPS) is 22.1. The van der Waals surface area contributed by atoms with Gasteiger partial charge in [0.2, 0.25) is 0 Å². The third kappa shape index (κ3) is 3.35. The van der Waals surface area contributed by atoms with Gasteiger partial charge in [-0.25, -0.2) is 14.3 Å². The smallest absolute Gasteiger partial charge is 0.335 e. The van der Waals surface area contributed by atoms with E-state index in [4.69, 9.17) is 0 Å². The molecule has 1 aromatic rings. The van der Waals surface area contributed by atoms with Crippen molar-refractivity contribution in [1.82, 2.24) is 24.6 Å². The third-order valence-electron chi connectivity index (χ3n) is 5.55. The zero-order chi connectivity index (χ0) is 16.5. The first-order valence-corrected chi connectivity index (χ1v) is 9.42. The van der Waals surface area contributed by atoms with Crippen molar-refractivity contribution in [1.29, 1.82) is 0 Å². The van der Waals surface area contributed by atoms with Gasteiger partial charge < -0.3 is 10.2 Å². The van der Waals surface area contributed by atoms with Crippen LogP contribution in [0.1, 0.15) is 50.8 Å². The number of hydrogen-bond acceptors (Lipinski definition) is 3. The van der Waals surface area contributed by atoms with E-state index < -0.39 is 0 Å². The Morgan fingerprint density at radius 2 is 1.88 bits per heavy atom. The molecule has 4 rings (SSSR count). The van der Waals surface area contributed by atoms with Crippen LogP contribution in [0.2, 0.25) is 0 Å². The van der Waals surface area contributed by atoms with Gasteiger partial charge >= 0.3 is 11.7 Å². The van der Waals surface area contributed by atoms with Crippen molar-refractivity contribution in [2.45, 2.75) is 70.5 Å². The minimum Gasteiger partial charge on any atom is -0.335 e. The second-order valence-corrected chi connectivity index (χ2v) is 7.50. The Hall–Kier alpha value is -1.79. The molecule has 132 valence electrons. The molecule has 0 atom stereocenters. The molecule has 7 heteroatoms. The fourth-order valence-electron chi connectivity index (χ4n) is 3.84. The maximum atomic E-state index is 12.5. The first-order valence-electron chi connectivity index (χ1n) is 9.42. The highest BCUT2D eigenvalue weighted by Gasteiger charge is 2.27. The van der Waals surface area contributed by atoms with Crippen LogP contribution in [0.5, 0.6) is 0 Å². The highest BCUT2D eigenvalue weighted by atomic mass is 16.2. The molecular formula is C17H27N5O2. The molecule has 0 unspecified atom stereocenters. The average molecular weight is 333 g/mol. The molecule has 1 aromatic heterocycles. The molecule has 0 radical (unpaired) electrons. The highest BCUT2D eigenvalue weighted by molar-refractivity contribution is 5.74. The van der Waals surface area contributed by atoms with Crippen molar-refractivity contribution in [3.8, 4) is 0 Å². The molecule has 1 N–H and O–H groups in total.